The van der Waals surface area contributed by atoms with E-state index in [4.69, 9.17) is 9.47 Å². The summed E-state index contributed by atoms with van der Waals surface area (Å²) in [5.74, 6) is 0. The van der Waals surface area contributed by atoms with Gasteiger partial charge in [-0.1, -0.05) is 44.9 Å². The summed E-state index contributed by atoms with van der Waals surface area (Å²) >= 11 is 0. The molecular formula is C14H27F3O5S. The molecule has 0 unspecified atom stereocenters. The van der Waals surface area contributed by atoms with Crippen LogP contribution in [0.5, 0.6) is 0 Å². The lowest BCUT2D eigenvalue weighted by atomic mass is 10.1. The molecule has 0 aliphatic heterocycles. The predicted octanol–water partition coefficient (Wildman–Crippen LogP) is 3.98. The van der Waals surface area contributed by atoms with Gasteiger partial charge in [-0.15, -0.1) is 0 Å². The molecule has 0 amide bonds. The van der Waals surface area contributed by atoms with E-state index >= 15 is 0 Å². The highest BCUT2D eigenvalue weighted by Crippen LogP contribution is 2.24. The van der Waals surface area contributed by atoms with E-state index in [2.05, 4.69) is 4.18 Å². The van der Waals surface area contributed by atoms with Gasteiger partial charge < -0.3 is 9.47 Å². The molecule has 5 nitrogen and oxygen atoms in total. The Labute approximate surface area is 136 Å². The molecule has 0 aliphatic rings. The van der Waals surface area contributed by atoms with Crippen LogP contribution in [0.25, 0.3) is 0 Å². The Morgan fingerprint density at radius 1 is 0.783 bits per heavy atom. The molecule has 9 heteroatoms. The first-order chi connectivity index (χ1) is 10.8. The van der Waals surface area contributed by atoms with Gasteiger partial charge in [-0.25, -0.2) is 0 Å². The Bertz CT molecular complexity index is 371. The third-order valence-electron chi connectivity index (χ3n) is 3.16. The fraction of sp³-hybridized carbons (Fsp3) is 1.00. The molecule has 0 saturated carbocycles. The van der Waals surface area contributed by atoms with Gasteiger partial charge >= 0.3 is 15.6 Å². The van der Waals surface area contributed by atoms with Crippen LogP contribution in [0, 0.1) is 0 Å². The van der Waals surface area contributed by atoms with Crippen molar-refractivity contribution in [2.45, 2.75) is 63.3 Å². The number of methoxy groups -OCH3 is 1. The van der Waals surface area contributed by atoms with Crippen molar-refractivity contribution in [1.82, 2.24) is 0 Å². The lowest BCUT2D eigenvalue weighted by Gasteiger charge is -2.08. The second kappa shape index (κ2) is 13.0. The fourth-order valence-corrected chi connectivity index (χ4v) is 2.39. The minimum absolute atomic E-state index is 0.312. The van der Waals surface area contributed by atoms with E-state index < -0.39 is 22.2 Å². The smallest absolute Gasteiger partial charge is 0.359 e. The molecular weight excluding hydrogens is 337 g/mol. The quantitative estimate of drug-likeness (QED) is 0.190. The zero-order chi connectivity index (χ0) is 17.6. The van der Waals surface area contributed by atoms with Gasteiger partial charge in [0, 0.05) is 13.7 Å². The molecule has 0 aromatic carbocycles. The molecule has 0 bridgehead atoms. The van der Waals surface area contributed by atoms with Gasteiger partial charge in [0.15, 0.2) is 0 Å². The largest absolute Gasteiger partial charge is 0.523 e. The third kappa shape index (κ3) is 12.7. The zero-order valence-electron chi connectivity index (χ0n) is 13.6. The summed E-state index contributed by atoms with van der Waals surface area (Å²) in [6.45, 7) is 0.617. The minimum Gasteiger partial charge on any atom is -0.359 e. The molecule has 23 heavy (non-hydrogen) atoms. The first-order valence-electron chi connectivity index (χ1n) is 7.83. The number of rotatable bonds is 15. The van der Waals surface area contributed by atoms with Crippen LogP contribution in [0.3, 0.4) is 0 Å². The maximum Gasteiger partial charge on any atom is 0.523 e. The van der Waals surface area contributed by atoms with Crippen LogP contribution >= 0.6 is 0 Å². The van der Waals surface area contributed by atoms with E-state index in [0.717, 1.165) is 44.9 Å². The average Bonchev–Trinajstić information content (AvgIpc) is 2.46. The summed E-state index contributed by atoms with van der Waals surface area (Å²) in [6, 6.07) is 0. The monoisotopic (exact) mass is 364 g/mol. The number of hydrogen-bond donors (Lipinski definition) is 0. The molecule has 0 rings (SSSR count). The van der Waals surface area contributed by atoms with Crippen LogP contribution in [0.1, 0.15) is 57.8 Å². The number of alkyl halides is 3. The molecule has 0 radical (unpaired) electrons. The molecule has 0 aromatic rings. The van der Waals surface area contributed by atoms with Crippen molar-refractivity contribution in [2.75, 3.05) is 27.1 Å². The number of hydrogen-bond acceptors (Lipinski definition) is 5. The molecule has 0 N–H and O–H groups in total. The Balaban J connectivity index is 3.29. The van der Waals surface area contributed by atoms with Gasteiger partial charge in [-0.2, -0.15) is 21.6 Å². The number of unbranched alkanes of at least 4 members (excludes halogenated alkanes) is 8. The second-order valence-electron chi connectivity index (χ2n) is 5.22. The lowest BCUT2D eigenvalue weighted by Crippen LogP contribution is -2.25. The zero-order valence-corrected chi connectivity index (χ0v) is 14.4. The van der Waals surface area contributed by atoms with Crippen molar-refractivity contribution in [3.63, 3.8) is 0 Å². The van der Waals surface area contributed by atoms with Crippen LogP contribution in [0.2, 0.25) is 0 Å². The lowest BCUT2D eigenvalue weighted by molar-refractivity contribution is -0.0542. The summed E-state index contributed by atoms with van der Waals surface area (Å²) in [5, 5.41) is 0. The van der Waals surface area contributed by atoms with Crippen molar-refractivity contribution in [3.8, 4) is 0 Å². The summed E-state index contributed by atoms with van der Waals surface area (Å²) in [7, 11) is -3.85. The number of ether oxygens (including phenoxy) is 2. The van der Waals surface area contributed by atoms with Crippen LogP contribution in [-0.2, 0) is 23.8 Å². The highest BCUT2D eigenvalue weighted by molar-refractivity contribution is 7.87. The standard InChI is InChI=1S/C14H27F3O5S/c1-20-13-21-11-9-7-5-3-2-4-6-8-10-12-22-23(18,19)14(15,16)17/h2-13H2,1H3. The number of halogens is 3. The van der Waals surface area contributed by atoms with Gasteiger partial charge in [-0.3, -0.25) is 4.18 Å². The predicted molar refractivity (Wildman–Crippen MR) is 80.3 cm³/mol. The van der Waals surface area contributed by atoms with Crippen molar-refractivity contribution in [1.29, 1.82) is 0 Å². The van der Waals surface area contributed by atoms with E-state index in [1.54, 1.807) is 7.11 Å². The Morgan fingerprint density at radius 3 is 1.65 bits per heavy atom. The van der Waals surface area contributed by atoms with Crippen LogP contribution in [0.4, 0.5) is 13.2 Å². The van der Waals surface area contributed by atoms with E-state index in [1.165, 1.54) is 0 Å². The molecule has 0 aliphatic carbocycles. The van der Waals surface area contributed by atoms with Crippen molar-refractivity contribution in [2.24, 2.45) is 0 Å². The molecule has 0 fully saturated rings. The molecule has 0 heterocycles. The molecule has 140 valence electrons. The maximum atomic E-state index is 12.0. The molecule has 0 aromatic heterocycles. The van der Waals surface area contributed by atoms with Crippen molar-refractivity contribution in [3.05, 3.63) is 0 Å². The van der Waals surface area contributed by atoms with Crippen LogP contribution in [0.15, 0.2) is 0 Å². The summed E-state index contributed by atoms with van der Waals surface area (Å²) in [4.78, 5) is 0. The Kier molecular flexibility index (Phi) is 12.8. The van der Waals surface area contributed by atoms with Gasteiger partial charge in [-0.05, 0) is 12.8 Å². The maximum absolute atomic E-state index is 12.0. The molecule has 0 saturated heterocycles. The third-order valence-corrected chi connectivity index (χ3v) is 4.20. The van der Waals surface area contributed by atoms with Gasteiger partial charge in [0.2, 0.25) is 0 Å². The van der Waals surface area contributed by atoms with E-state index in [1.807, 2.05) is 0 Å². The van der Waals surface area contributed by atoms with Crippen LogP contribution in [-0.4, -0.2) is 41.0 Å². The van der Waals surface area contributed by atoms with Crippen molar-refractivity contribution >= 4 is 10.1 Å². The van der Waals surface area contributed by atoms with E-state index in [-0.39, 0.29) is 0 Å². The van der Waals surface area contributed by atoms with Crippen molar-refractivity contribution < 1.29 is 35.2 Å². The molecule has 0 spiro atoms. The first-order valence-corrected chi connectivity index (χ1v) is 9.24. The molecule has 0 atom stereocenters. The highest BCUT2D eigenvalue weighted by Gasteiger charge is 2.47. The highest BCUT2D eigenvalue weighted by atomic mass is 32.2. The topological polar surface area (TPSA) is 61.8 Å². The van der Waals surface area contributed by atoms with Gasteiger partial charge in [0.1, 0.15) is 6.79 Å². The fourth-order valence-electron chi connectivity index (χ4n) is 1.92. The Hall–Kier alpha value is -0.380. The first kappa shape index (κ1) is 22.6. The van der Waals surface area contributed by atoms with Gasteiger partial charge in [0.05, 0.1) is 6.61 Å². The second-order valence-corrected chi connectivity index (χ2v) is 6.83. The summed E-state index contributed by atoms with van der Waals surface area (Å²) in [6.07, 6.45) is 8.26. The Morgan fingerprint density at radius 2 is 1.22 bits per heavy atom. The van der Waals surface area contributed by atoms with Gasteiger partial charge in [0.25, 0.3) is 0 Å². The van der Waals surface area contributed by atoms with E-state index in [9.17, 15) is 21.6 Å². The van der Waals surface area contributed by atoms with Crippen LogP contribution < -0.4 is 0 Å². The summed E-state index contributed by atoms with van der Waals surface area (Å²) < 4.78 is 71.0. The SMILES string of the molecule is COCOCCCCCCCCCCCOS(=O)(=O)C(F)(F)F. The summed E-state index contributed by atoms with van der Waals surface area (Å²) in [5.41, 5.74) is -5.33. The normalized spacial score (nSPS) is 12.7. The minimum atomic E-state index is -5.43. The van der Waals surface area contributed by atoms with E-state index in [0.29, 0.717) is 26.2 Å². The average molecular weight is 364 g/mol.